The van der Waals surface area contributed by atoms with Crippen LogP contribution in [0, 0.1) is 0 Å². The molecule has 0 fully saturated rings. The Balaban J connectivity index is 3.24. The van der Waals surface area contributed by atoms with E-state index in [1.54, 1.807) is 0 Å². The van der Waals surface area contributed by atoms with Gasteiger partial charge in [-0.05, 0) is 12.8 Å². The largest absolute Gasteiger partial charge is 0.772 e. The van der Waals surface area contributed by atoms with Crippen molar-refractivity contribution in [3.05, 3.63) is 0 Å². The molecular weight excluding hydrogens is 204 g/mol. The average Bonchev–Trinajstić information content (AvgIpc) is 2.12. The van der Waals surface area contributed by atoms with E-state index in [1.807, 2.05) is 0 Å². The Labute approximate surface area is 87.3 Å². The van der Waals surface area contributed by atoms with Gasteiger partial charge in [0.05, 0.1) is 6.61 Å². The molecule has 0 rings (SSSR count). The number of carbonyl (C=O) groups excluding carboxylic acids is 1. The maximum atomic E-state index is 11.0. The van der Waals surface area contributed by atoms with Crippen molar-refractivity contribution in [2.75, 3.05) is 12.4 Å². The zero-order valence-electron chi connectivity index (χ0n) is 8.49. The molecule has 0 aromatic heterocycles. The molecule has 0 spiro atoms. The predicted molar refractivity (Wildman–Crippen MR) is 53.5 cm³/mol. The van der Waals surface area contributed by atoms with Gasteiger partial charge in [-0.25, -0.2) is 0 Å². The molecule has 0 bridgehead atoms. The van der Waals surface area contributed by atoms with Crippen LogP contribution in [0.25, 0.3) is 0 Å². The molecule has 5 heteroatoms. The summed E-state index contributed by atoms with van der Waals surface area (Å²) < 4.78 is 25.1. The minimum atomic E-state index is -2.05. The van der Waals surface area contributed by atoms with Crippen molar-refractivity contribution in [3.63, 3.8) is 0 Å². The first kappa shape index (κ1) is 13.6. The van der Waals surface area contributed by atoms with Gasteiger partial charge in [0.25, 0.3) is 0 Å². The third-order valence-corrected chi connectivity index (χ3v) is 2.32. The molecule has 0 saturated heterocycles. The molecule has 84 valence electrons. The first-order chi connectivity index (χ1) is 6.66. The van der Waals surface area contributed by atoms with Gasteiger partial charge in [-0.3, -0.25) is 9.00 Å². The van der Waals surface area contributed by atoms with Crippen molar-refractivity contribution in [2.45, 2.75) is 39.0 Å². The lowest BCUT2D eigenvalue weighted by molar-refractivity contribution is -0.143. The molecular formula is C9H17O4S-. The van der Waals surface area contributed by atoms with E-state index in [0.717, 1.165) is 19.3 Å². The topological polar surface area (TPSA) is 66.4 Å². The Morgan fingerprint density at radius 1 is 1.36 bits per heavy atom. The van der Waals surface area contributed by atoms with Crippen LogP contribution in [0.2, 0.25) is 0 Å². The highest BCUT2D eigenvalue weighted by Gasteiger charge is 2.01. The molecule has 1 unspecified atom stereocenters. The number of unbranched alkanes of at least 4 members (excludes halogenated alkanes) is 2. The predicted octanol–water partition coefficient (Wildman–Crippen LogP) is 1.38. The van der Waals surface area contributed by atoms with E-state index in [4.69, 9.17) is 4.74 Å². The second kappa shape index (κ2) is 9.15. The van der Waals surface area contributed by atoms with Gasteiger partial charge in [-0.15, -0.1) is 0 Å². The second-order valence-corrected chi connectivity index (χ2v) is 4.05. The highest BCUT2D eigenvalue weighted by atomic mass is 32.2. The fourth-order valence-electron chi connectivity index (χ4n) is 0.945. The summed E-state index contributed by atoms with van der Waals surface area (Å²) in [5, 5.41) is 0. The minimum absolute atomic E-state index is 0.0318. The molecule has 0 aromatic rings. The number of ether oxygens (including phenoxy) is 1. The molecule has 4 nitrogen and oxygen atoms in total. The van der Waals surface area contributed by atoms with Crippen LogP contribution in [-0.2, 0) is 20.6 Å². The van der Waals surface area contributed by atoms with Crippen molar-refractivity contribution >= 4 is 17.0 Å². The van der Waals surface area contributed by atoms with Crippen LogP contribution in [0.4, 0.5) is 0 Å². The zero-order chi connectivity index (χ0) is 10.8. The molecule has 0 saturated carbocycles. The van der Waals surface area contributed by atoms with E-state index in [1.165, 1.54) is 0 Å². The molecule has 0 aromatic carbocycles. The average molecular weight is 221 g/mol. The van der Waals surface area contributed by atoms with E-state index in [0.29, 0.717) is 13.0 Å². The number of carbonyl (C=O) groups is 1. The van der Waals surface area contributed by atoms with Gasteiger partial charge >= 0.3 is 5.97 Å². The third-order valence-electron chi connectivity index (χ3n) is 1.70. The fourth-order valence-corrected chi connectivity index (χ4v) is 1.32. The lowest BCUT2D eigenvalue weighted by Gasteiger charge is -2.05. The third kappa shape index (κ3) is 9.67. The number of hydrogen-bond acceptors (Lipinski definition) is 4. The van der Waals surface area contributed by atoms with E-state index in [2.05, 4.69) is 6.92 Å². The van der Waals surface area contributed by atoms with Gasteiger partial charge in [0.1, 0.15) is 0 Å². The van der Waals surface area contributed by atoms with Crippen LogP contribution >= 0.6 is 0 Å². The molecule has 0 aliphatic carbocycles. The molecule has 0 heterocycles. The van der Waals surface area contributed by atoms with Crippen LogP contribution < -0.4 is 0 Å². The van der Waals surface area contributed by atoms with Crippen LogP contribution in [0.3, 0.4) is 0 Å². The van der Waals surface area contributed by atoms with Crippen molar-refractivity contribution in [1.82, 2.24) is 0 Å². The summed E-state index contributed by atoms with van der Waals surface area (Å²) in [6.07, 6.45) is 3.57. The summed E-state index contributed by atoms with van der Waals surface area (Å²) >= 11 is -2.05. The van der Waals surface area contributed by atoms with Crippen molar-refractivity contribution < 1.29 is 18.3 Å². The molecule has 0 aliphatic rings. The molecule has 0 radical (unpaired) electrons. The van der Waals surface area contributed by atoms with Gasteiger partial charge in [0.15, 0.2) is 0 Å². The van der Waals surface area contributed by atoms with Gasteiger partial charge in [0.2, 0.25) is 0 Å². The first-order valence-corrected chi connectivity index (χ1v) is 6.12. The SMILES string of the molecule is CCCCCOC(=O)CCCS(=O)[O-]. The Morgan fingerprint density at radius 3 is 2.64 bits per heavy atom. The summed E-state index contributed by atoms with van der Waals surface area (Å²) in [5.41, 5.74) is 0. The molecule has 0 aliphatic heterocycles. The highest BCUT2D eigenvalue weighted by Crippen LogP contribution is 1.98. The maximum Gasteiger partial charge on any atom is 0.305 e. The first-order valence-electron chi connectivity index (χ1n) is 4.88. The highest BCUT2D eigenvalue weighted by molar-refractivity contribution is 7.79. The Kier molecular flexibility index (Phi) is 8.87. The summed E-state index contributed by atoms with van der Waals surface area (Å²) in [6, 6.07) is 0. The molecule has 14 heavy (non-hydrogen) atoms. The molecule has 0 N–H and O–H groups in total. The molecule has 0 amide bonds. The Bertz CT molecular complexity index is 182. The standard InChI is InChI=1S/C9H18O4S/c1-2-3-4-7-13-9(10)6-5-8-14(11)12/h2-8H2,1H3,(H,11,12)/p-1. The van der Waals surface area contributed by atoms with Crippen LogP contribution in [0.15, 0.2) is 0 Å². The zero-order valence-corrected chi connectivity index (χ0v) is 9.31. The minimum Gasteiger partial charge on any atom is -0.772 e. The number of esters is 1. The Hall–Kier alpha value is -0.420. The number of rotatable bonds is 8. The van der Waals surface area contributed by atoms with E-state index < -0.39 is 11.1 Å². The van der Waals surface area contributed by atoms with Crippen molar-refractivity contribution in [2.24, 2.45) is 0 Å². The normalized spacial score (nSPS) is 12.4. The van der Waals surface area contributed by atoms with Crippen molar-refractivity contribution in [3.8, 4) is 0 Å². The van der Waals surface area contributed by atoms with Crippen LogP contribution in [-0.4, -0.2) is 27.1 Å². The van der Waals surface area contributed by atoms with Gasteiger partial charge in [-0.1, -0.05) is 30.8 Å². The fraction of sp³-hybridized carbons (Fsp3) is 0.889. The lowest BCUT2D eigenvalue weighted by Crippen LogP contribution is -2.07. The van der Waals surface area contributed by atoms with Crippen LogP contribution in [0.5, 0.6) is 0 Å². The Morgan fingerprint density at radius 2 is 2.07 bits per heavy atom. The smallest absolute Gasteiger partial charge is 0.305 e. The van der Waals surface area contributed by atoms with Gasteiger partial charge in [0, 0.05) is 12.2 Å². The number of hydrogen-bond donors (Lipinski definition) is 0. The van der Waals surface area contributed by atoms with Crippen LogP contribution in [0.1, 0.15) is 39.0 Å². The van der Waals surface area contributed by atoms with Gasteiger partial charge in [-0.2, -0.15) is 0 Å². The lowest BCUT2D eigenvalue weighted by atomic mass is 10.3. The summed E-state index contributed by atoms with van der Waals surface area (Å²) in [7, 11) is 0. The maximum absolute atomic E-state index is 11.0. The summed E-state index contributed by atoms with van der Waals surface area (Å²) in [6.45, 7) is 2.53. The summed E-state index contributed by atoms with van der Waals surface area (Å²) in [5.74, 6) is -0.268. The van der Waals surface area contributed by atoms with E-state index >= 15 is 0 Å². The quantitative estimate of drug-likeness (QED) is 0.353. The van der Waals surface area contributed by atoms with Gasteiger partial charge < -0.3 is 9.29 Å². The summed E-state index contributed by atoms with van der Waals surface area (Å²) in [4.78, 5) is 11.0. The van der Waals surface area contributed by atoms with E-state index in [-0.39, 0.29) is 18.1 Å². The second-order valence-electron chi connectivity index (χ2n) is 3.04. The van der Waals surface area contributed by atoms with Crippen molar-refractivity contribution in [1.29, 1.82) is 0 Å². The monoisotopic (exact) mass is 221 g/mol. The van der Waals surface area contributed by atoms with E-state index in [9.17, 15) is 13.6 Å². The molecule has 1 atom stereocenters.